The number of rotatable bonds is 5. The van der Waals surface area contributed by atoms with E-state index in [1.165, 1.54) is 22.9 Å². The maximum Gasteiger partial charge on any atom is 0.109 e. The molecule has 2 heterocycles. The zero-order chi connectivity index (χ0) is 11.4. The van der Waals surface area contributed by atoms with E-state index in [1.807, 2.05) is 17.5 Å². The van der Waals surface area contributed by atoms with Crippen LogP contribution in [0.4, 0.5) is 0 Å². The Kier molecular flexibility index (Phi) is 4.32. The highest BCUT2D eigenvalue weighted by Gasteiger charge is 2.16. The Morgan fingerprint density at radius 2 is 2.56 bits per heavy atom. The van der Waals surface area contributed by atoms with Gasteiger partial charge in [0.25, 0.3) is 0 Å². The van der Waals surface area contributed by atoms with Crippen molar-refractivity contribution in [2.75, 3.05) is 19.6 Å². The maximum absolute atomic E-state index is 4.47. The van der Waals surface area contributed by atoms with E-state index in [0.717, 1.165) is 25.4 Å². The second-order valence-corrected chi connectivity index (χ2v) is 5.65. The summed E-state index contributed by atoms with van der Waals surface area (Å²) in [7, 11) is 0. The molecule has 2 rings (SSSR count). The van der Waals surface area contributed by atoms with Crippen molar-refractivity contribution < 1.29 is 0 Å². The van der Waals surface area contributed by atoms with Gasteiger partial charge in [0.05, 0.1) is 6.04 Å². The van der Waals surface area contributed by atoms with Crippen molar-refractivity contribution in [1.82, 2.24) is 15.6 Å². The normalized spacial score (nSPS) is 22.5. The average Bonchev–Trinajstić information content (AvgIpc) is 2.96. The molecule has 1 saturated heterocycles. The Hall–Kier alpha value is -0.450. The first-order valence-electron chi connectivity index (χ1n) is 6.18. The van der Waals surface area contributed by atoms with Crippen LogP contribution in [-0.4, -0.2) is 24.6 Å². The predicted octanol–water partition coefficient (Wildman–Crippen LogP) is 1.97. The highest BCUT2D eigenvalue weighted by molar-refractivity contribution is 7.11. The van der Waals surface area contributed by atoms with Gasteiger partial charge in [-0.2, -0.15) is 0 Å². The molecular formula is C12H21N3S. The standard InChI is InChI=1S/C12H21N3S/c1-3-11-8-15-12(16-11)9(2)14-7-10-4-5-13-6-10/h8-10,13-14H,3-7H2,1-2H3. The largest absolute Gasteiger partial charge is 0.316 e. The molecule has 0 radical (unpaired) electrons. The van der Waals surface area contributed by atoms with E-state index < -0.39 is 0 Å². The lowest BCUT2D eigenvalue weighted by Gasteiger charge is -2.14. The van der Waals surface area contributed by atoms with Crippen molar-refractivity contribution in [3.8, 4) is 0 Å². The molecule has 16 heavy (non-hydrogen) atoms. The van der Waals surface area contributed by atoms with Gasteiger partial charge in [-0.3, -0.25) is 0 Å². The second kappa shape index (κ2) is 5.75. The summed E-state index contributed by atoms with van der Waals surface area (Å²) in [5.74, 6) is 0.799. The summed E-state index contributed by atoms with van der Waals surface area (Å²) in [4.78, 5) is 5.85. The first kappa shape index (κ1) is 12.0. The van der Waals surface area contributed by atoms with Crippen LogP contribution in [0.1, 0.15) is 36.2 Å². The fraction of sp³-hybridized carbons (Fsp3) is 0.750. The van der Waals surface area contributed by atoms with Gasteiger partial charge in [0.1, 0.15) is 5.01 Å². The van der Waals surface area contributed by atoms with Gasteiger partial charge in [0.2, 0.25) is 0 Å². The number of nitrogens with zero attached hydrogens (tertiary/aromatic N) is 1. The summed E-state index contributed by atoms with van der Waals surface area (Å²) in [6.45, 7) is 7.84. The van der Waals surface area contributed by atoms with Gasteiger partial charge < -0.3 is 10.6 Å². The topological polar surface area (TPSA) is 37.0 Å². The summed E-state index contributed by atoms with van der Waals surface area (Å²) < 4.78 is 0. The van der Waals surface area contributed by atoms with Gasteiger partial charge in [0, 0.05) is 11.1 Å². The fourth-order valence-electron chi connectivity index (χ4n) is 2.01. The lowest BCUT2D eigenvalue weighted by Crippen LogP contribution is -2.26. The zero-order valence-electron chi connectivity index (χ0n) is 10.1. The summed E-state index contributed by atoms with van der Waals surface area (Å²) in [6.07, 6.45) is 4.41. The summed E-state index contributed by atoms with van der Waals surface area (Å²) in [5, 5.41) is 8.21. The molecule has 1 fully saturated rings. The number of hydrogen-bond donors (Lipinski definition) is 2. The smallest absolute Gasteiger partial charge is 0.109 e. The van der Waals surface area contributed by atoms with Crippen LogP contribution in [-0.2, 0) is 6.42 Å². The Morgan fingerprint density at radius 3 is 3.19 bits per heavy atom. The molecule has 0 aliphatic carbocycles. The molecule has 1 aromatic heterocycles. The van der Waals surface area contributed by atoms with Gasteiger partial charge in [-0.1, -0.05) is 6.92 Å². The predicted molar refractivity (Wildman–Crippen MR) is 68.9 cm³/mol. The van der Waals surface area contributed by atoms with Crippen LogP contribution in [0.5, 0.6) is 0 Å². The number of aromatic nitrogens is 1. The Balaban J connectivity index is 1.80. The Morgan fingerprint density at radius 1 is 1.69 bits per heavy atom. The van der Waals surface area contributed by atoms with E-state index in [2.05, 4.69) is 29.5 Å². The van der Waals surface area contributed by atoms with E-state index in [1.54, 1.807) is 0 Å². The highest BCUT2D eigenvalue weighted by Crippen LogP contribution is 2.20. The molecule has 2 atom stereocenters. The van der Waals surface area contributed by atoms with Crippen LogP contribution in [0.2, 0.25) is 0 Å². The molecule has 3 nitrogen and oxygen atoms in total. The van der Waals surface area contributed by atoms with E-state index in [4.69, 9.17) is 0 Å². The molecule has 2 N–H and O–H groups in total. The SMILES string of the molecule is CCc1cnc(C(C)NCC2CCNC2)s1. The summed E-state index contributed by atoms with van der Waals surface area (Å²) >= 11 is 1.83. The van der Waals surface area contributed by atoms with Crippen molar-refractivity contribution >= 4 is 11.3 Å². The van der Waals surface area contributed by atoms with E-state index >= 15 is 0 Å². The quantitative estimate of drug-likeness (QED) is 0.825. The summed E-state index contributed by atoms with van der Waals surface area (Å²) in [5.41, 5.74) is 0. The van der Waals surface area contributed by atoms with Crippen LogP contribution in [0.25, 0.3) is 0 Å². The van der Waals surface area contributed by atoms with Crippen LogP contribution in [0, 0.1) is 5.92 Å². The molecule has 0 spiro atoms. The first-order valence-corrected chi connectivity index (χ1v) is 7.00. The summed E-state index contributed by atoms with van der Waals surface area (Å²) in [6, 6.07) is 0.394. The van der Waals surface area contributed by atoms with E-state index in [9.17, 15) is 0 Å². The van der Waals surface area contributed by atoms with Gasteiger partial charge in [-0.05, 0) is 45.3 Å². The van der Waals surface area contributed by atoms with E-state index in [-0.39, 0.29) is 0 Å². The minimum atomic E-state index is 0.394. The first-order chi connectivity index (χ1) is 7.79. The molecular weight excluding hydrogens is 218 g/mol. The highest BCUT2D eigenvalue weighted by atomic mass is 32.1. The Bertz CT molecular complexity index is 318. The maximum atomic E-state index is 4.47. The van der Waals surface area contributed by atoms with Crippen LogP contribution in [0.15, 0.2) is 6.20 Å². The minimum Gasteiger partial charge on any atom is -0.316 e. The third-order valence-electron chi connectivity index (χ3n) is 3.17. The number of hydrogen-bond acceptors (Lipinski definition) is 4. The molecule has 90 valence electrons. The third-order valence-corrected chi connectivity index (χ3v) is 4.49. The zero-order valence-corrected chi connectivity index (χ0v) is 10.9. The number of nitrogens with one attached hydrogen (secondary N) is 2. The number of aryl methyl sites for hydroxylation is 1. The molecule has 0 aromatic carbocycles. The van der Waals surface area contributed by atoms with Gasteiger partial charge >= 0.3 is 0 Å². The second-order valence-electron chi connectivity index (χ2n) is 4.51. The van der Waals surface area contributed by atoms with Crippen molar-refractivity contribution in [3.63, 3.8) is 0 Å². The fourth-order valence-corrected chi connectivity index (χ4v) is 2.89. The van der Waals surface area contributed by atoms with Gasteiger partial charge in [0.15, 0.2) is 0 Å². The lowest BCUT2D eigenvalue weighted by atomic mass is 10.1. The Labute approximate surface area is 102 Å². The monoisotopic (exact) mass is 239 g/mol. The van der Waals surface area contributed by atoms with Crippen molar-refractivity contribution in [2.45, 2.75) is 32.7 Å². The van der Waals surface area contributed by atoms with Crippen LogP contribution in [0.3, 0.4) is 0 Å². The minimum absolute atomic E-state index is 0.394. The average molecular weight is 239 g/mol. The molecule has 0 amide bonds. The van der Waals surface area contributed by atoms with Crippen LogP contribution >= 0.6 is 11.3 Å². The molecule has 0 bridgehead atoms. The van der Waals surface area contributed by atoms with Crippen molar-refractivity contribution in [3.05, 3.63) is 16.1 Å². The number of thiazole rings is 1. The molecule has 1 aliphatic rings. The lowest BCUT2D eigenvalue weighted by molar-refractivity contribution is 0.469. The van der Waals surface area contributed by atoms with Crippen LogP contribution < -0.4 is 10.6 Å². The molecule has 4 heteroatoms. The van der Waals surface area contributed by atoms with Gasteiger partial charge in [-0.15, -0.1) is 11.3 Å². The molecule has 2 unspecified atom stereocenters. The molecule has 1 aliphatic heterocycles. The van der Waals surface area contributed by atoms with E-state index in [0.29, 0.717) is 6.04 Å². The molecule has 1 aromatic rings. The van der Waals surface area contributed by atoms with Gasteiger partial charge in [-0.25, -0.2) is 4.98 Å². The third kappa shape index (κ3) is 3.03. The van der Waals surface area contributed by atoms with Crippen molar-refractivity contribution in [2.24, 2.45) is 5.92 Å². The molecule has 0 saturated carbocycles. The van der Waals surface area contributed by atoms with Crippen molar-refractivity contribution in [1.29, 1.82) is 0 Å².